The lowest BCUT2D eigenvalue weighted by Crippen LogP contribution is -2.40. The minimum atomic E-state index is -0.964. The van der Waals surface area contributed by atoms with Gasteiger partial charge in [0, 0.05) is 10.7 Å². The maximum absolute atomic E-state index is 11.8. The van der Waals surface area contributed by atoms with E-state index in [9.17, 15) is 9.59 Å². The molecule has 0 spiro atoms. The van der Waals surface area contributed by atoms with Crippen molar-refractivity contribution in [1.82, 2.24) is 4.90 Å². The number of benzene rings is 1. The largest absolute Gasteiger partial charge is 0.480 e. The molecule has 112 valence electrons. The Kier molecular flexibility index (Phi) is 7.57. The van der Waals surface area contributed by atoms with E-state index in [0.29, 0.717) is 10.7 Å². The second-order valence-electron chi connectivity index (χ2n) is 4.44. The van der Waals surface area contributed by atoms with Gasteiger partial charge in [-0.2, -0.15) is 0 Å². The van der Waals surface area contributed by atoms with E-state index >= 15 is 0 Å². The lowest BCUT2D eigenvalue weighted by molar-refractivity contribution is -0.142. The number of likely N-dealkylation sites (N-methyl/N-ethyl adjacent to an activating group) is 1. The molecule has 1 aromatic rings. The van der Waals surface area contributed by atoms with Crippen LogP contribution in [0.2, 0.25) is 5.02 Å². The molecular weight excluding hydrogens is 303 g/mol. The summed E-state index contributed by atoms with van der Waals surface area (Å²) >= 11 is 5.96. The van der Waals surface area contributed by atoms with Gasteiger partial charge in [-0.1, -0.05) is 17.7 Å². The molecule has 0 radical (unpaired) electrons. The summed E-state index contributed by atoms with van der Waals surface area (Å²) in [6.45, 7) is 3.40. The molecular formula is C13H18Cl2N2O3. The van der Waals surface area contributed by atoms with E-state index in [-0.39, 0.29) is 24.9 Å². The standard InChI is InChI=1S/C13H17ClN2O3.ClH/c1-8-4-5-10(6-11(8)14)15-12(17)7-16(3)9(2)13(18)19;/h4-6,9H,7H2,1-3H3,(H,15,17)(H,18,19);1H. The van der Waals surface area contributed by atoms with Crippen LogP contribution in [0.3, 0.4) is 0 Å². The molecule has 7 heteroatoms. The molecule has 0 aliphatic rings. The van der Waals surface area contributed by atoms with Gasteiger partial charge >= 0.3 is 5.97 Å². The number of carbonyl (C=O) groups is 2. The molecule has 1 atom stereocenters. The van der Waals surface area contributed by atoms with Crippen LogP contribution in [0.25, 0.3) is 0 Å². The monoisotopic (exact) mass is 320 g/mol. The van der Waals surface area contributed by atoms with Crippen LogP contribution in [-0.2, 0) is 9.59 Å². The van der Waals surface area contributed by atoms with Crippen molar-refractivity contribution in [1.29, 1.82) is 0 Å². The molecule has 1 rings (SSSR count). The number of halogens is 2. The minimum absolute atomic E-state index is 0. The van der Waals surface area contributed by atoms with Gasteiger partial charge < -0.3 is 10.4 Å². The van der Waals surface area contributed by atoms with E-state index in [1.807, 2.05) is 13.0 Å². The van der Waals surface area contributed by atoms with E-state index < -0.39 is 12.0 Å². The third-order valence-corrected chi connectivity index (χ3v) is 3.27. The predicted molar refractivity (Wildman–Crippen MR) is 81.8 cm³/mol. The summed E-state index contributed by atoms with van der Waals surface area (Å²) < 4.78 is 0. The van der Waals surface area contributed by atoms with Gasteiger partial charge in [-0.25, -0.2) is 0 Å². The highest BCUT2D eigenvalue weighted by molar-refractivity contribution is 6.31. The molecule has 0 aromatic heterocycles. The molecule has 0 saturated carbocycles. The van der Waals surface area contributed by atoms with Gasteiger partial charge in [0.05, 0.1) is 6.54 Å². The van der Waals surface area contributed by atoms with E-state index in [4.69, 9.17) is 16.7 Å². The van der Waals surface area contributed by atoms with Gasteiger partial charge in [0.15, 0.2) is 0 Å². The van der Waals surface area contributed by atoms with Crippen LogP contribution in [0.1, 0.15) is 12.5 Å². The molecule has 1 unspecified atom stereocenters. The number of hydrogen-bond donors (Lipinski definition) is 2. The van der Waals surface area contributed by atoms with E-state index in [2.05, 4.69) is 5.32 Å². The summed E-state index contributed by atoms with van der Waals surface area (Å²) in [7, 11) is 1.58. The third kappa shape index (κ3) is 5.36. The fourth-order valence-corrected chi connectivity index (χ4v) is 1.60. The Bertz CT molecular complexity index is 495. The summed E-state index contributed by atoms with van der Waals surface area (Å²) in [5.41, 5.74) is 1.52. The number of carbonyl (C=O) groups excluding carboxylic acids is 1. The number of rotatable bonds is 5. The SMILES string of the molecule is Cc1ccc(NC(=O)CN(C)C(C)C(=O)O)cc1Cl.Cl. The van der Waals surface area contributed by atoms with Crippen LogP contribution < -0.4 is 5.32 Å². The highest BCUT2D eigenvalue weighted by atomic mass is 35.5. The van der Waals surface area contributed by atoms with E-state index in [1.54, 1.807) is 19.2 Å². The van der Waals surface area contributed by atoms with Crippen LogP contribution in [-0.4, -0.2) is 41.5 Å². The number of nitrogens with one attached hydrogen (secondary N) is 1. The zero-order valence-electron chi connectivity index (χ0n) is 11.5. The Morgan fingerprint density at radius 3 is 2.55 bits per heavy atom. The van der Waals surface area contributed by atoms with Crippen molar-refractivity contribution in [3.05, 3.63) is 28.8 Å². The average molecular weight is 321 g/mol. The topological polar surface area (TPSA) is 69.6 Å². The normalized spacial score (nSPS) is 11.7. The first-order chi connectivity index (χ1) is 8.81. The Morgan fingerprint density at radius 1 is 1.45 bits per heavy atom. The molecule has 0 saturated heterocycles. The molecule has 20 heavy (non-hydrogen) atoms. The predicted octanol–water partition coefficient (Wildman–Crippen LogP) is 2.41. The van der Waals surface area contributed by atoms with Crippen molar-refractivity contribution in [3.8, 4) is 0 Å². The molecule has 0 fully saturated rings. The first-order valence-corrected chi connectivity index (χ1v) is 6.18. The number of carboxylic acid groups (broad SMARTS) is 1. The number of aliphatic carboxylic acids is 1. The second-order valence-corrected chi connectivity index (χ2v) is 4.85. The second kappa shape index (κ2) is 8.09. The first kappa shape index (κ1) is 18.7. The molecule has 5 nitrogen and oxygen atoms in total. The molecule has 0 aliphatic carbocycles. The van der Waals surface area contributed by atoms with Crippen molar-refractivity contribution in [2.45, 2.75) is 19.9 Å². The van der Waals surface area contributed by atoms with Crippen molar-refractivity contribution in [2.24, 2.45) is 0 Å². The quantitative estimate of drug-likeness (QED) is 0.874. The summed E-state index contributed by atoms with van der Waals surface area (Å²) in [5, 5.41) is 12.1. The lowest BCUT2D eigenvalue weighted by atomic mass is 10.2. The Balaban J connectivity index is 0.00000361. The van der Waals surface area contributed by atoms with Gasteiger partial charge in [0.25, 0.3) is 0 Å². The van der Waals surface area contributed by atoms with Crippen molar-refractivity contribution >= 4 is 41.6 Å². The van der Waals surface area contributed by atoms with Crippen LogP contribution in [0.5, 0.6) is 0 Å². The van der Waals surface area contributed by atoms with E-state index in [0.717, 1.165) is 5.56 Å². The molecule has 0 bridgehead atoms. The van der Waals surface area contributed by atoms with Gasteiger partial charge in [0.2, 0.25) is 5.91 Å². The summed E-state index contributed by atoms with van der Waals surface area (Å²) in [4.78, 5) is 24.0. The first-order valence-electron chi connectivity index (χ1n) is 5.80. The Hall–Kier alpha value is -1.30. The Labute approximate surface area is 129 Å². The van der Waals surface area contributed by atoms with Gasteiger partial charge in [0.1, 0.15) is 6.04 Å². The maximum Gasteiger partial charge on any atom is 0.320 e. The van der Waals surface area contributed by atoms with Crippen molar-refractivity contribution in [3.63, 3.8) is 0 Å². The number of anilines is 1. The van der Waals surface area contributed by atoms with Crippen LogP contribution in [0, 0.1) is 6.92 Å². The van der Waals surface area contributed by atoms with E-state index in [1.165, 1.54) is 11.8 Å². The number of carboxylic acids is 1. The zero-order chi connectivity index (χ0) is 14.6. The fraction of sp³-hybridized carbons (Fsp3) is 0.385. The Morgan fingerprint density at radius 2 is 2.05 bits per heavy atom. The summed E-state index contributed by atoms with van der Waals surface area (Å²) in [5.74, 6) is -1.25. The van der Waals surface area contributed by atoms with Crippen LogP contribution >= 0.6 is 24.0 Å². The molecule has 0 aliphatic heterocycles. The van der Waals surface area contributed by atoms with Gasteiger partial charge in [-0.15, -0.1) is 12.4 Å². The summed E-state index contributed by atoms with van der Waals surface area (Å²) in [6.07, 6.45) is 0. The van der Waals surface area contributed by atoms with Crippen molar-refractivity contribution < 1.29 is 14.7 Å². The highest BCUT2D eigenvalue weighted by Gasteiger charge is 2.19. The number of amides is 1. The lowest BCUT2D eigenvalue weighted by Gasteiger charge is -2.20. The maximum atomic E-state index is 11.8. The number of nitrogens with zero attached hydrogens (tertiary/aromatic N) is 1. The zero-order valence-corrected chi connectivity index (χ0v) is 13.1. The molecule has 0 heterocycles. The molecule has 2 N–H and O–H groups in total. The van der Waals surface area contributed by atoms with Crippen LogP contribution in [0.15, 0.2) is 18.2 Å². The van der Waals surface area contributed by atoms with Gasteiger partial charge in [-0.3, -0.25) is 14.5 Å². The van der Waals surface area contributed by atoms with Crippen molar-refractivity contribution in [2.75, 3.05) is 18.9 Å². The number of aryl methyl sites for hydroxylation is 1. The minimum Gasteiger partial charge on any atom is -0.480 e. The highest BCUT2D eigenvalue weighted by Crippen LogP contribution is 2.19. The van der Waals surface area contributed by atoms with Crippen LogP contribution in [0.4, 0.5) is 5.69 Å². The average Bonchev–Trinajstić information content (AvgIpc) is 2.32. The fourth-order valence-electron chi connectivity index (χ4n) is 1.42. The third-order valence-electron chi connectivity index (χ3n) is 2.87. The van der Waals surface area contributed by atoms with Gasteiger partial charge in [-0.05, 0) is 38.6 Å². The smallest absolute Gasteiger partial charge is 0.320 e. The number of hydrogen-bond acceptors (Lipinski definition) is 3. The summed E-state index contributed by atoms with van der Waals surface area (Å²) in [6, 6.07) is 4.50. The molecule has 1 aromatic carbocycles. The molecule has 1 amide bonds.